The van der Waals surface area contributed by atoms with E-state index in [-0.39, 0.29) is 0 Å². The van der Waals surface area contributed by atoms with Gasteiger partial charge in [0.2, 0.25) is 0 Å². The molecule has 0 aliphatic carbocycles. The van der Waals surface area contributed by atoms with Crippen LogP contribution in [0.1, 0.15) is 20.3 Å². The lowest BCUT2D eigenvalue weighted by Crippen LogP contribution is -2.57. The second-order valence-corrected chi connectivity index (χ2v) is 3.38. The smallest absolute Gasteiger partial charge is 0.186 e. The average Bonchev–Trinajstić information content (AvgIpc) is 2.19. The largest absolute Gasteiger partial charge is 0.388 e. The lowest BCUT2D eigenvalue weighted by Gasteiger charge is -2.39. The van der Waals surface area contributed by atoms with E-state index in [1.54, 1.807) is 6.92 Å². The molecule has 1 heterocycles. The normalized spacial score (nSPS) is 43.9. The maximum absolute atomic E-state index is 9.50. The Morgan fingerprint density at radius 3 is 2.21 bits per heavy atom. The number of hydrogen-bond acceptors (Lipinski definition) is 5. The van der Waals surface area contributed by atoms with Crippen LogP contribution >= 0.6 is 0 Å². The maximum atomic E-state index is 9.50. The van der Waals surface area contributed by atoms with Crippen molar-refractivity contribution in [2.45, 2.75) is 51.0 Å². The summed E-state index contributed by atoms with van der Waals surface area (Å²) in [7, 11) is 0. The molecule has 5 atom stereocenters. The Morgan fingerprint density at radius 2 is 1.71 bits per heavy atom. The maximum Gasteiger partial charge on any atom is 0.186 e. The Labute approximate surface area is 83.3 Å². The van der Waals surface area contributed by atoms with Crippen LogP contribution in [0.25, 0.3) is 0 Å². The highest BCUT2D eigenvalue weighted by molar-refractivity contribution is 4.88. The van der Waals surface area contributed by atoms with Crippen LogP contribution in [0.15, 0.2) is 0 Å². The topological polar surface area (TPSA) is 79.2 Å². The quantitative estimate of drug-likeness (QED) is 0.565. The highest BCUT2D eigenvalue weighted by Gasteiger charge is 2.43. The molecule has 0 amide bonds. The van der Waals surface area contributed by atoms with Crippen molar-refractivity contribution < 1.29 is 24.8 Å². The summed E-state index contributed by atoms with van der Waals surface area (Å²) in [5.41, 5.74) is 0. The summed E-state index contributed by atoms with van der Waals surface area (Å²) in [6.45, 7) is 4.00. The van der Waals surface area contributed by atoms with Gasteiger partial charge in [-0.2, -0.15) is 0 Å². The summed E-state index contributed by atoms with van der Waals surface area (Å²) < 4.78 is 10.4. The summed E-state index contributed by atoms with van der Waals surface area (Å²) in [5.74, 6) is 0. The van der Waals surface area contributed by atoms with E-state index in [0.717, 1.165) is 0 Å². The number of rotatable bonds is 3. The van der Waals surface area contributed by atoms with Crippen LogP contribution in [0.5, 0.6) is 0 Å². The molecule has 0 aromatic heterocycles. The van der Waals surface area contributed by atoms with E-state index in [9.17, 15) is 15.3 Å². The minimum atomic E-state index is -1.20. The van der Waals surface area contributed by atoms with E-state index >= 15 is 0 Å². The summed E-state index contributed by atoms with van der Waals surface area (Å²) in [6, 6.07) is 0. The molecule has 0 radical (unpaired) electrons. The predicted molar refractivity (Wildman–Crippen MR) is 48.6 cm³/mol. The first-order valence-electron chi connectivity index (χ1n) is 4.93. The van der Waals surface area contributed by atoms with Gasteiger partial charge in [-0.15, -0.1) is 0 Å². The number of hydrogen-bond donors (Lipinski definition) is 3. The van der Waals surface area contributed by atoms with Gasteiger partial charge >= 0.3 is 0 Å². The van der Waals surface area contributed by atoms with Crippen LogP contribution in [-0.4, -0.2) is 52.6 Å². The Bertz CT molecular complexity index is 171. The van der Waals surface area contributed by atoms with E-state index in [0.29, 0.717) is 13.0 Å². The van der Waals surface area contributed by atoms with Gasteiger partial charge in [0.1, 0.15) is 18.3 Å². The summed E-state index contributed by atoms with van der Waals surface area (Å²) in [5, 5.41) is 28.5. The Balaban J connectivity index is 2.63. The van der Waals surface area contributed by atoms with E-state index in [1.165, 1.54) is 0 Å². The van der Waals surface area contributed by atoms with Gasteiger partial charge in [0.05, 0.1) is 6.10 Å². The van der Waals surface area contributed by atoms with Gasteiger partial charge in [-0.25, -0.2) is 0 Å². The highest BCUT2D eigenvalue weighted by Crippen LogP contribution is 2.23. The van der Waals surface area contributed by atoms with Crippen LogP contribution in [0, 0.1) is 0 Å². The first-order chi connectivity index (χ1) is 6.61. The fraction of sp³-hybridized carbons (Fsp3) is 1.00. The second-order valence-electron chi connectivity index (χ2n) is 3.38. The van der Waals surface area contributed by atoms with E-state index < -0.39 is 30.7 Å². The minimum absolute atomic E-state index is 0.390. The molecule has 1 saturated heterocycles. The fourth-order valence-corrected chi connectivity index (χ4v) is 1.56. The van der Waals surface area contributed by atoms with E-state index in [2.05, 4.69) is 0 Å². The van der Waals surface area contributed by atoms with Gasteiger partial charge in [0, 0.05) is 6.61 Å². The van der Waals surface area contributed by atoms with Crippen LogP contribution < -0.4 is 0 Å². The Morgan fingerprint density at radius 1 is 1.07 bits per heavy atom. The van der Waals surface area contributed by atoms with Gasteiger partial charge in [-0.1, -0.05) is 6.92 Å². The van der Waals surface area contributed by atoms with Gasteiger partial charge in [-0.3, -0.25) is 0 Å². The number of aliphatic hydroxyl groups is 3. The number of ether oxygens (including phenoxy) is 2. The molecule has 0 spiro atoms. The summed E-state index contributed by atoms with van der Waals surface area (Å²) in [4.78, 5) is 0. The molecule has 14 heavy (non-hydrogen) atoms. The van der Waals surface area contributed by atoms with Crippen molar-refractivity contribution in [2.75, 3.05) is 6.61 Å². The van der Waals surface area contributed by atoms with Crippen molar-refractivity contribution in [1.29, 1.82) is 0 Å². The zero-order valence-corrected chi connectivity index (χ0v) is 8.46. The SMILES string of the molecule is CCO[C@H]1OC(CC)[C@@H](O)C(O)C1O. The molecule has 0 aromatic carbocycles. The molecule has 1 fully saturated rings. The van der Waals surface area contributed by atoms with E-state index in [1.807, 2.05) is 6.92 Å². The van der Waals surface area contributed by atoms with Gasteiger partial charge in [0.15, 0.2) is 6.29 Å². The fourth-order valence-electron chi connectivity index (χ4n) is 1.56. The molecule has 1 aliphatic rings. The first-order valence-corrected chi connectivity index (χ1v) is 4.93. The minimum Gasteiger partial charge on any atom is -0.388 e. The Hall–Kier alpha value is -0.200. The second kappa shape index (κ2) is 5.04. The van der Waals surface area contributed by atoms with E-state index in [4.69, 9.17) is 9.47 Å². The average molecular weight is 206 g/mol. The third-order valence-corrected chi connectivity index (χ3v) is 2.40. The third kappa shape index (κ3) is 2.24. The zero-order valence-electron chi connectivity index (χ0n) is 8.46. The van der Waals surface area contributed by atoms with Crippen molar-refractivity contribution in [3.63, 3.8) is 0 Å². The molecule has 1 rings (SSSR count). The Kier molecular flexibility index (Phi) is 4.28. The lowest BCUT2D eigenvalue weighted by molar-refractivity contribution is -0.295. The van der Waals surface area contributed by atoms with Gasteiger partial charge in [-0.05, 0) is 13.3 Å². The molecule has 0 bridgehead atoms. The van der Waals surface area contributed by atoms with Gasteiger partial charge in [0.25, 0.3) is 0 Å². The van der Waals surface area contributed by atoms with Crippen molar-refractivity contribution in [3.05, 3.63) is 0 Å². The number of aliphatic hydroxyl groups excluding tert-OH is 3. The van der Waals surface area contributed by atoms with Crippen LogP contribution in [0.4, 0.5) is 0 Å². The zero-order chi connectivity index (χ0) is 10.7. The molecule has 84 valence electrons. The summed E-state index contributed by atoms with van der Waals surface area (Å²) in [6.07, 6.45) is -4.20. The summed E-state index contributed by atoms with van der Waals surface area (Å²) >= 11 is 0. The molecule has 5 nitrogen and oxygen atoms in total. The standard InChI is InChI=1S/C9H18O5/c1-3-5-6(10)7(11)8(12)9(14-5)13-4-2/h5-12H,3-4H2,1-2H3/t5?,6-,7?,8?,9+/m1/s1. The third-order valence-electron chi connectivity index (χ3n) is 2.40. The van der Waals surface area contributed by atoms with Crippen molar-refractivity contribution in [3.8, 4) is 0 Å². The molecular weight excluding hydrogens is 188 g/mol. The van der Waals surface area contributed by atoms with Crippen molar-refractivity contribution in [1.82, 2.24) is 0 Å². The van der Waals surface area contributed by atoms with Crippen LogP contribution in [0.2, 0.25) is 0 Å². The van der Waals surface area contributed by atoms with Crippen molar-refractivity contribution in [2.24, 2.45) is 0 Å². The molecule has 3 unspecified atom stereocenters. The van der Waals surface area contributed by atoms with Crippen LogP contribution in [-0.2, 0) is 9.47 Å². The molecule has 3 N–H and O–H groups in total. The molecule has 5 heteroatoms. The molecule has 1 aliphatic heterocycles. The lowest BCUT2D eigenvalue weighted by atomic mass is 9.97. The monoisotopic (exact) mass is 206 g/mol. The molecule has 0 saturated carbocycles. The predicted octanol–water partition coefficient (Wildman–Crippen LogP) is -0.760. The van der Waals surface area contributed by atoms with Crippen molar-refractivity contribution >= 4 is 0 Å². The van der Waals surface area contributed by atoms with Crippen LogP contribution in [0.3, 0.4) is 0 Å². The van der Waals surface area contributed by atoms with Gasteiger partial charge < -0.3 is 24.8 Å². The molecular formula is C9H18O5. The molecule has 0 aromatic rings. The first kappa shape index (κ1) is 11.9. The highest BCUT2D eigenvalue weighted by atomic mass is 16.7.